The fourth-order valence-corrected chi connectivity index (χ4v) is 3.10. The molecule has 0 radical (unpaired) electrons. The summed E-state index contributed by atoms with van der Waals surface area (Å²) >= 11 is 0. The third-order valence-corrected chi connectivity index (χ3v) is 4.59. The van der Waals surface area contributed by atoms with Crippen LogP contribution in [-0.4, -0.2) is 5.11 Å². The van der Waals surface area contributed by atoms with Gasteiger partial charge in [0.15, 0.2) is 0 Å². The molecule has 0 saturated carbocycles. The van der Waals surface area contributed by atoms with Crippen molar-refractivity contribution >= 4 is 5.69 Å². The second-order valence-corrected chi connectivity index (χ2v) is 6.53. The minimum atomic E-state index is -0.324. The largest absolute Gasteiger partial charge is 0.508 e. The van der Waals surface area contributed by atoms with Crippen LogP contribution in [0.5, 0.6) is 5.75 Å². The van der Waals surface area contributed by atoms with Crippen molar-refractivity contribution in [2.75, 3.05) is 5.32 Å². The molecule has 2 nitrogen and oxygen atoms in total. The molecule has 0 spiro atoms. The summed E-state index contributed by atoms with van der Waals surface area (Å²) in [6, 6.07) is 13.2. The van der Waals surface area contributed by atoms with Gasteiger partial charge in [0.2, 0.25) is 0 Å². The Morgan fingerprint density at radius 3 is 2.38 bits per heavy atom. The first kappa shape index (κ1) is 17.9. The zero-order chi connectivity index (χ0) is 18.8. The number of halogens is 2. The Morgan fingerprint density at radius 1 is 0.885 bits per heavy atom. The van der Waals surface area contributed by atoms with Crippen LogP contribution in [0.4, 0.5) is 14.5 Å². The van der Waals surface area contributed by atoms with E-state index in [4.69, 9.17) is 0 Å². The number of anilines is 1. The highest BCUT2D eigenvalue weighted by molar-refractivity contribution is 5.66. The van der Waals surface area contributed by atoms with E-state index >= 15 is 0 Å². The third kappa shape index (κ3) is 3.54. The van der Waals surface area contributed by atoms with Crippen molar-refractivity contribution < 1.29 is 13.9 Å². The number of hydrogen-bond donors (Lipinski definition) is 2. The van der Waals surface area contributed by atoms with Gasteiger partial charge in [-0.15, -0.1) is 0 Å². The molecule has 0 bridgehead atoms. The standard InChI is InChI=1S/C22H21F2NO/c1-13-7-8-20(26)15(3)22(13)25-12-18-10-17(9-14(2)21(18)24)16-5-4-6-19(23)11-16/h4-11,25-26H,12H2,1-3H3. The highest BCUT2D eigenvalue weighted by Gasteiger charge is 2.12. The number of phenolic OH excluding ortho intramolecular Hbond substituents is 1. The first-order chi connectivity index (χ1) is 12.4. The minimum absolute atomic E-state index is 0.197. The first-order valence-corrected chi connectivity index (χ1v) is 8.45. The van der Waals surface area contributed by atoms with Crippen molar-refractivity contribution in [3.63, 3.8) is 0 Å². The molecule has 0 amide bonds. The van der Waals surface area contributed by atoms with Crippen LogP contribution in [0.15, 0.2) is 48.5 Å². The summed E-state index contributed by atoms with van der Waals surface area (Å²) in [6.45, 7) is 5.71. The summed E-state index contributed by atoms with van der Waals surface area (Å²) in [7, 11) is 0. The molecule has 0 aliphatic carbocycles. The van der Waals surface area contributed by atoms with Crippen LogP contribution >= 0.6 is 0 Å². The minimum Gasteiger partial charge on any atom is -0.508 e. The van der Waals surface area contributed by atoms with Crippen molar-refractivity contribution in [1.82, 2.24) is 0 Å². The van der Waals surface area contributed by atoms with Crippen molar-refractivity contribution in [2.24, 2.45) is 0 Å². The highest BCUT2D eigenvalue weighted by Crippen LogP contribution is 2.30. The lowest BCUT2D eigenvalue weighted by atomic mass is 9.99. The van der Waals surface area contributed by atoms with E-state index < -0.39 is 0 Å². The molecule has 26 heavy (non-hydrogen) atoms. The van der Waals surface area contributed by atoms with Gasteiger partial charge in [-0.1, -0.05) is 18.2 Å². The summed E-state index contributed by atoms with van der Waals surface area (Å²) in [5, 5.41) is 13.1. The Hall–Kier alpha value is -2.88. The second kappa shape index (κ2) is 7.16. The first-order valence-electron chi connectivity index (χ1n) is 8.45. The van der Waals surface area contributed by atoms with E-state index in [0.717, 1.165) is 22.4 Å². The molecule has 0 saturated heterocycles. The smallest absolute Gasteiger partial charge is 0.131 e. The zero-order valence-electron chi connectivity index (χ0n) is 15.0. The van der Waals surface area contributed by atoms with Crippen molar-refractivity contribution in [3.05, 3.63) is 82.4 Å². The number of hydrogen-bond acceptors (Lipinski definition) is 2. The molecule has 0 aromatic heterocycles. The lowest BCUT2D eigenvalue weighted by Crippen LogP contribution is -2.06. The predicted octanol–water partition coefficient (Wildman–Crippen LogP) is 5.87. The van der Waals surface area contributed by atoms with Crippen molar-refractivity contribution in [2.45, 2.75) is 27.3 Å². The fourth-order valence-electron chi connectivity index (χ4n) is 3.10. The van der Waals surface area contributed by atoms with Gasteiger partial charge in [-0.2, -0.15) is 0 Å². The van der Waals surface area contributed by atoms with Crippen LogP contribution in [0.1, 0.15) is 22.3 Å². The lowest BCUT2D eigenvalue weighted by molar-refractivity contribution is 0.471. The Bertz CT molecular complexity index is 967. The summed E-state index contributed by atoms with van der Waals surface area (Å²) in [6.07, 6.45) is 0. The Balaban J connectivity index is 1.95. The topological polar surface area (TPSA) is 32.3 Å². The number of aromatic hydroxyl groups is 1. The fraction of sp³-hybridized carbons (Fsp3) is 0.182. The summed E-state index contributed by atoms with van der Waals surface area (Å²) < 4.78 is 28.1. The van der Waals surface area contributed by atoms with Gasteiger partial charge >= 0.3 is 0 Å². The van der Waals surface area contributed by atoms with Gasteiger partial charge in [-0.25, -0.2) is 8.78 Å². The molecule has 3 aromatic rings. The average Bonchev–Trinajstić information content (AvgIpc) is 2.61. The van der Waals surface area contributed by atoms with E-state index in [1.165, 1.54) is 12.1 Å². The summed E-state index contributed by atoms with van der Waals surface area (Å²) in [5.74, 6) is -0.411. The average molecular weight is 353 g/mol. The summed E-state index contributed by atoms with van der Waals surface area (Å²) in [5.41, 5.74) is 4.96. The van der Waals surface area contributed by atoms with Gasteiger partial charge < -0.3 is 10.4 Å². The predicted molar refractivity (Wildman–Crippen MR) is 101 cm³/mol. The van der Waals surface area contributed by atoms with Crippen LogP contribution in [0.3, 0.4) is 0 Å². The van der Waals surface area contributed by atoms with Gasteiger partial charge in [0.1, 0.15) is 17.4 Å². The number of aryl methyl sites for hydroxylation is 2. The van der Waals surface area contributed by atoms with E-state index in [1.54, 1.807) is 37.3 Å². The Morgan fingerprint density at radius 2 is 1.65 bits per heavy atom. The maximum absolute atomic E-state index is 14.6. The molecular weight excluding hydrogens is 332 g/mol. The molecule has 0 fully saturated rings. The van der Waals surface area contributed by atoms with Gasteiger partial charge in [0, 0.05) is 23.4 Å². The van der Waals surface area contributed by atoms with E-state index in [-0.39, 0.29) is 23.9 Å². The monoisotopic (exact) mass is 353 g/mol. The molecule has 2 N–H and O–H groups in total. The molecule has 3 rings (SSSR count). The van der Waals surface area contributed by atoms with Gasteiger partial charge in [0.25, 0.3) is 0 Å². The maximum atomic E-state index is 14.6. The normalized spacial score (nSPS) is 10.8. The Labute approximate surface area is 152 Å². The van der Waals surface area contributed by atoms with E-state index in [2.05, 4.69) is 5.32 Å². The Kier molecular flexibility index (Phi) is 4.94. The molecule has 3 aromatic carbocycles. The molecule has 134 valence electrons. The van der Waals surface area contributed by atoms with Gasteiger partial charge in [0.05, 0.1) is 0 Å². The second-order valence-electron chi connectivity index (χ2n) is 6.53. The van der Waals surface area contributed by atoms with Crippen molar-refractivity contribution in [1.29, 1.82) is 0 Å². The van der Waals surface area contributed by atoms with Gasteiger partial charge in [-0.05, 0) is 73.4 Å². The molecule has 4 heteroatoms. The van der Waals surface area contributed by atoms with Crippen LogP contribution in [0, 0.1) is 32.4 Å². The van der Waals surface area contributed by atoms with Crippen LogP contribution in [-0.2, 0) is 6.54 Å². The van der Waals surface area contributed by atoms with Gasteiger partial charge in [-0.3, -0.25) is 0 Å². The quantitative estimate of drug-likeness (QED) is 0.614. The number of benzene rings is 3. The maximum Gasteiger partial charge on any atom is 0.131 e. The van der Waals surface area contributed by atoms with Crippen LogP contribution in [0.25, 0.3) is 11.1 Å². The number of nitrogens with one attached hydrogen (secondary N) is 1. The molecule has 0 aliphatic heterocycles. The SMILES string of the molecule is Cc1cc(-c2cccc(F)c2)cc(CNc2c(C)ccc(O)c2C)c1F. The van der Waals surface area contributed by atoms with Crippen LogP contribution in [0.2, 0.25) is 0 Å². The molecule has 0 heterocycles. The molecule has 0 unspecified atom stereocenters. The van der Waals surface area contributed by atoms with E-state index in [9.17, 15) is 13.9 Å². The lowest BCUT2D eigenvalue weighted by Gasteiger charge is -2.16. The van der Waals surface area contributed by atoms with E-state index in [0.29, 0.717) is 16.7 Å². The van der Waals surface area contributed by atoms with Crippen molar-refractivity contribution in [3.8, 4) is 16.9 Å². The zero-order valence-corrected chi connectivity index (χ0v) is 15.0. The summed E-state index contributed by atoms with van der Waals surface area (Å²) in [4.78, 5) is 0. The van der Waals surface area contributed by atoms with E-state index in [1.807, 2.05) is 19.9 Å². The highest BCUT2D eigenvalue weighted by atomic mass is 19.1. The molecular formula is C22H21F2NO. The third-order valence-electron chi connectivity index (χ3n) is 4.59. The number of rotatable bonds is 4. The van der Waals surface area contributed by atoms with Crippen LogP contribution < -0.4 is 5.32 Å². The molecule has 0 aliphatic rings. The molecule has 0 atom stereocenters. The number of phenols is 1.